The molecule has 0 saturated carbocycles. The van der Waals surface area contributed by atoms with E-state index in [1.807, 2.05) is 0 Å². The lowest BCUT2D eigenvalue weighted by Gasteiger charge is -2.09. The van der Waals surface area contributed by atoms with Crippen molar-refractivity contribution in [1.82, 2.24) is 0 Å². The molecule has 1 aromatic carbocycles. The molecule has 1 aromatic rings. The largest absolute Gasteiger partial charge is 0.327 e. The van der Waals surface area contributed by atoms with Crippen LogP contribution in [-0.2, 0) is 4.79 Å². The molecule has 0 radical (unpaired) electrons. The fourth-order valence-corrected chi connectivity index (χ4v) is 1.54. The zero-order valence-corrected chi connectivity index (χ0v) is 9.84. The fraction of sp³-hybridized carbons (Fsp3) is 0.300. The van der Waals surface area contributed by atoms with Gasteiger partial charge in [-0.15, -0.1) is 0 Å². The summed E-state index contributed by atoms with van der Waals surface area (Å²) < 4.78 is 13.8. The van der Waals surface area contributed by atoms with Gasteiger partial charge < -0.3 is 11.1 Å². The van der Waals surface area contributed by atoms with E-state index >= 15 is 0 Å². The van der Waals surface area contributed by atoms with Gasteiger partial charge in [-0.3, -0.25) is 4.79 Å². The molecule has 3 N–H and O–H groups in total. The van der Waals surface area contributed by atoms with Crippen LogP contribution in [0.4, 0.5) is 10.1 Å². The van der Waals surface area contributed by atoms with Crippen molar-refractivity contribution in [2.75, 3.05) is 5.32 Å². The Kier molecular flexibility index (Phi) is 4.23. The number of carbonyl (C=O) groups excluding carboxylic acids is 1. The molecule has 5 heteroatoms. The molecular formula is C10H12BrFN2O. The zero-order valence-electron chi connectivity index (χ0n) is 8.26. The summed E-state index contributed by atoms with van der Waals surface area (Å²) in [5.74, 6) is -0.766. The molecular weight excluding hydrogens is 263 g/mol. The molecule has 1 amide bonds. The van der Waals surface area contributed by atoms with Gasteiger partial charge in [0.05, 0.1) is 5.69 Å². The van der Waals surface area contributed by atoms with Crippen molar-refractivity contribution in [3.05, 3.63) is 28.5 Å². The highest BCUT2D eigenvalue weighted by Crippen LogP contribution is 2.25. The third kappa shape index (κ3) is 3.60. The van der Waals surface area contributed by atoms with Crippen LogP contribution in [0.15, 0.2) is 22.7 Å². The Hall–Kier alpha value is -0.940. The number of benzene rings is 1. The Morgan fingerprint density at radius 2 is 2.33 bits per heavy atom. The van der Waals surface area contributed by atoms with E-state index < -0.39 is 5.82 Å². The van der Waals surface area contributed by atoms with Crippen LogP contribution < -0.4 is 11.1 Å². The fourth-order valence-electron chi connectivity index (χ4n) is 1.10. The third-order valence-corrected chi connectivity index (χ3v) is 2.40. The third-order valence-electron chi connectivity index (χ3n) is 1.73. The van der Waals surface area contributed by atoms with Gasteiger partial charge in [-0.1, -0.05) is 6.07 Å². The van der Waals surface area contributed by atoms with E-state index in [0.29, 0.717) is 4.47 Å². The molecule has 82 valence electrons. The lowest BCUT2D eigenvalue weighted by Crippen LogP contribution is -2.24. The number of hydrogen-bond donors (Lipinski definition) is 2. The molecule has 0 aromatic heterocycles. The van der Waals surface area contributed by atoms with Crippen molar-refractivity contribution in [3.63, 3.8) is 0 Å². The van der Waals surface area contributed by atoms with Crippen LogP contribution in [-0.4, -0.2) is 11.9 Å². The number of carbonyl (C=O) groups is 1. The molecule has 0 fully saturated rings. The van der Waals surface area contributed by atoms with Gasteiger partial charge >= 0.3 is 0 Å². The minimum atomic E-state index is -0.470. The van der Waals surface area contributed by atoms with Crippen molar-refractivity contribution in [1.29, 1.82) is 0 Å². The number of hydrogen-bond acceptors (Lipinski definition) is 2. The Labute approximate surface area is 96.0 Å². The average molecular weight is 275 g/mol. The first-order valence-corrected chi connectivity index (χ1v) is 5.29. The molecule has 15 heavy (non-hydrogen) atoms. The van der Waals surface area contributed by atoms with Gasteiger partial charge in [-0.25, -0.2) is 4.39 Å². The molecule has 0 aliphatic heterocycles. The number of amides is 1. The SMILES string of the molecule is CC(N)CC(=O)Nc1c(F)cccc1Br. The van der Waals surface area contributed by atoms with Crippen molar-refractivity contribution in [2.24, 2.45) is 5.73 Å². The number of para-hydroxylation sites is 1. The molecule has 0 heterocycles. The predicted octanol–water partition coefficient (Wildman–Crippen LogP) is 2.26. The van der Waals surface area contributed by atoms with Crippen LogP contribution in [0.3, 0.4) is 0 Å². The number of anilines is 1. The molecule has 1 atom stereocenters. The van der Waals surface area contributed by atoms with E-state index in [1.54, 1.807) is 19.1 Å². The van der Waals surface area contributed by atoms with Gasteiger partial charge in [0.25, 0.3) is 0 Å². The summed E-state index contributed by atoms with van der Waals surface area (Å²) in [6, 6.07) is 4.26. The van der Waals surface area contributed by atoms with E-state index in [1.165, 1.54) is 6.07 Å². The van der Waals surface area contributed by atoms with E-state index in [9.17, 15) is 9.18 Å². The standard InChI is InChI=1S/C10H12BrFN2O/c1-6(13)5-9(15)14-10-7(11)3-2-4-8(10)12/h2-4,6H,5,13H2,1H3,(H,14,15). The Bertz CT molecular complexity index is 348. The number of halogens is 2. The second kappa shape index (κ2) is 5.23. The summed E-state index contributed by atoms with van der Waals surface area (Å²) in [6.45, 7) is 1.72. The van der Waals surface area contributed by atoms with Crippen molar-refractivity contribution in [3.8, 4) is 0 Å². The quantitative estimate of drug-likeness (QED) is 0.889. The van der Waals surface area contributed by atoms with Crippen LogP contribution in [0.2, 0.25) is 0 Å². The summed E-state index contributed by atoms with van der Waals surface area (Å²) in [4.78, 5) is 11.3. The van der Waals surface area contributed by atoms with Crippen molar-refractivity contribution in [2.45, 2.75) is 19.4 Å². The van der Waals surface area contributed by atoms with E-state index in [2.05, 4.69) is 21.2 Å². The maximum atomic E-state index is 13.3. The predicted molar refractivity (Wildman–Crippen MR) is 61.0 cm³/mol. The molecule has 1 rings (SSSR count). The van der Waals surface area contributed by atoms with Crippen LogP contribution in [0, 0.1) is 5.82 Å². The highest BCUT2D eigenvalue weighted by molar-refractivity contribution is 9.10. The lowest BCUT2D eigenvalue weighted by atomic mass is 10.2. The van der Waals surface area contributed by atoms with Crippen LogP contribution >= 0.6 is 15.9 Å². The number of nitrogens with two attached hydrogens (primary N) is 1. The van der Waals surface area contributed by atoms with Crippen LogP contribution in [0.1, 0.15) is 13.3 Å². The minimum absolute atomic E-state index is 0.156. The van der Waals surface area contributed by atoms with Gasteiger partial charge in [0.15, 0.2) is 0 Å². The summed E-state index contributed by atoms with van der Waals surface area (Å²) in [7, 11) is 0. The van der Waals surface area contributed by atoms with E-state index in [0.717, 1.165) is 0 Å². The number of rotatable bonds is 3. The number of nitrogens with one attached hydrogen (secondary N) is 1. The van der Waals surface area contributed by atoms with Crippen molar-refractivity contribution < 1.29 is 9.18 Å². The van der Waals surface area contributed by atoms with Crippen molar-refractivity contribution >= 4 is 27.5 Å². The average Bonchev–Trinajstić information content (AvgIpc) is 2.10. The highest BCUT2D eigenvalue weighted by atomic mass is 79.9. The van der Waals surface area contributed by atoms with E-state index in [-0.39, 0.29) is 24.1 Å². The molecule has 0 saturated heterocycles. The monoisotopic (exact) mass is 274 g/mol. The maximum Gasteiger partial charge on any atom is 0.226 e. The highest BCUT2D eigenvalue weighted by Gasteiger charge is 2.11. The van der Waals surface area contributed by atoms with E-state index in [4.69, 9.17) is 5.73 Å². The van der Waals surface area contributed by atoms with Crippen LogP contribution in [0.25, 0.3) is 0 Å². The van der Waals surface area contributed by atoms with Gasteiger partial charge in [0.1, 0.15) is 5.82 Å². The summed E-state index contributed by atoms with van der Waals surface area (Å²) >= 11 is 3.16. The molecule has 1 unspecified atom stereocenters. The Morgan fingerprint density at radius 3 is 2.87 bits per heavy atom. The molecule has 0 aliphatic rings. The summed E-state index contributed by atoms with van der Waals surface area (Å²) in [5.41, 5.74) is 5.61. The normalized spacial score (nSPS) is 12.3. The van der Waals surface area contributed by atoms with Gasteiger partial charge in [0.2, 0.25) is 5.91 Å². The molecule has 0 bridgehead atoms. The van der Waals surface area contributed by atoms with Crippen LogP contribution in [0.5, 0.6) is 0 Å². The lowest BCUT2D eigenvalue weighted by molar-refractivity contribution is -0.116. The second-order valence-corrected chi connectivity index (χ2v) is 4.18. The molecule has 3 nitrogen and oxygen atoms in total. The Balaban J connectivity index is 2.76. The summed E-state index contributed by atoms with van der Waals surface area (Å²) in [6.07, 6.45) is 0.167. The van der Waals surface area contributed by atoms with Gasteiger partial charge in [-0.2, -0.15) is 0 Å². The smallest absolute Gasteiger partial charge is 0.226 e. The molecule has 0 spiro atoms. The topological polar surface area (TPSA) is 55.1 Å². The first kappa shape index (κ1) is 12.1. The van der Waals surface area contributed by atoms with Gasteiger partial charge in [0, 0.05) is 16.9 Å². The first-order chi connectivity index (χ1) is 7.00. The summed E-state index contributed by atoms with van der Waals surface area (Å²) in [5, 5.41) is 2.47. The maximum absolute atomic E-state index is 13.3. The Morgan fingerprint density at radius 1 is 1.67 bits per heavy atom. The minimum Gasteiger partial charge on any atom is -0.327 e. The zero-order chi connectivity index (χ0) is 11.4. The van der Waals surface area contributed by atoms with Gasteiger partial charge in [-0.05, 0) is 35.0 Å². The second-order valence-electron chi connectivity index (χ2n) is 3.33. The first-order valence-electron chi connectivity index (χ1n) is 4.50. The molecule has 0 aliphatic carbocycles.